The number of hydrogen-bond donors (Lipinski definition) is 0. The van der Waals surface area contributed by atoms with Crippen molar-refractivity contribution in [1.29, 1.82) is 0 Å². The van der Waals surface area contributed by atoms with Crippen molar-refractivity contribution in [3.8, 4) is 11.3 Å². The summed E-state index contributed by atoms with van der Waals surface area (Å²) in [5, 5.41) is 0.421. The Kier molecular flexibility index (Phi) is 4.73. The average Bonchev–Trinajstić information content (AvgIpc) is 2.59. The maximum absolute atomic E-state index is 12.2. The van der Waals surface area contributed by atoms with Crippen LogP contribution in [0.1, 0.15) is 35.7 Å². The number of carbonyl (C=O) groups excluding carboxylic acids is 1. The molecule has 0 fully saturated rings. The normalized spacial score (nSPS) is 10.9. The molecule has 1 heterocycles. The fourth-order valence-corrected chi connectivity index (χ4v) is 3.12. The Morgan fingerprint density at radius 2 is 1.74 bits per heavy atom. The van der Waals surface area contributed by atoms with E-state index in [4.69, 9.17) is 16.6 Å². The highest BCUT2D eigenvalue weighted by molar-refractivity contribution is 6.68. The van der Waals surface area contributed by atoms with E-state index in [0.29, 0.717) is 5.56 Å². The van der Waals surface area contributed by atoms with Gasteiger partial charge in [-0.15, -0.1) is 0 Å². The zero-order valence-corrected chi connectivity index (χ0v) is 13.8. The van der Waals surface area contributed by atoms with Crippen molar-refractivity contribution in [2.75, 3.05) is 0 Å². The molecule has 0 bridgehead atoms. The van der Waals surface area contributed by atoms with Crippen LogP contribution >= 0.6 is 11.6 Å². The number of para-hydroxylation sites is 1. The van der Waals surface area contributed by atoms with E-state index < -0.39 is 5.24 Å². The van der Waals surface area contributed by atoms with Gasteiger partial charge in [0, 0.05) is 16.5 Å². The number of carbonyl (C=O) groups is 1. The standard InChI is InChI=1S/C20H18ClNO/c1-2-3-11-16-18(20(21)23)15-12-7-8-13-17(15)22-19(16)14-9-5-4-6-10-14/h4-10,12-13H,2-3,11H2,1H3. The third-order valence-electron chi connectivity index (χ3n) is 4.02. The second-order valence-electron chi connectivity index (χ2n) is 5.57. The predicted octanol–water partition coefficient (Wildman–Crippen LogP) is 5.62. The summed E-state index contributed by atoms with van der Waals surface area (Å²) in [5.41, 5.74) is 4.24. The minimum absolute atomic E-state index is 0.410. The quantitative estimate of drug-likeness (QED) is 0.570. The van der Waals surface area contributed by atoms with Crippen LogP contribution in [0.5, 0.6) is 0 Å². The van der Waals surface area contributed by atoms with Gasteiger partial charge in [0.1, 0.15) is 0 Å². The predicted molar refractivity (Wildman–Crippen MR) is 96.0 cm³/mol. The number of aromatic nitrogens is 1. The Labute approximate surface area is 141 Å². The van der Waals surface area contributed by atoms with Crippen molar-refractivity contribution in [2.24, 2.45) is 0 Å². The Morgan fingerprint density at radius 1 is 1.04 bits per heavy atom. The maximum atomic E-state index is 12.2. The highest BCUT2D eigenvalue weighted by Gasteiger charge is 2.19. The van der Waals surface area contributed by atoms with Gasteiger partial charge in [-0.1, -0.05) is 61.9 Å². The Balaban J connectivity index is 2.35. The van der Waals surface area contributed by atoms with Crippen molar-refractivity contribution in [3.63, 3.8) is 0 Å². The molecule has 0 aliphatic heterocycles. The highest BCUT2D eigenvalue weighted by Crippen LogP contribution is 2.32. The van der Waals surface area contributed by atoms with E-state index in [-0.39, 0.29) is 0 Å². The molecule has 2 nitrogen and oxygen atoms in total. The van der Waals surface area contributed by atoms with Gasteiger partial charge in [0.15, 0.2) is 0 Å². The lowest BCUT2D eigenvalue weighted by atomic mass is 9.94. The van der Waals surface area contributed by atoms with Gasteiger partial charge >= 0.3 is 0 Å². The molecule has 3 heteroatoms. The number of halogens is 1. The average molecular weight is 324 g/mol. The van der Waals surface area contributed by atoms with E-state index in [1.807, 2.05) is 54.6 Å². The first-order chi connectivity index (χ1) is 11.2. The lowest BCUT2D eigenvalue weighted by Crippen LogP contribution is -2.05. The van der Waals surface area contributed by atoms with Crippen LogP contribution in [0.3, 0.4) is 0 Å². The summed E-state index contributed by atoms with van der Waals surface area (Å²) in [6.45, 7) is 2.14. The molecule has 0 spiro atoms. The summed E-state index contributed by atoms with van der Waals surface area (Å²) >= 11 is 5.96. The Hall–Kier alpha value is -2.19. The summed E-state index contributed by atoms with van der Waals surface area (Å²) in [4.78, 5) is 17.0. The molecular weight excluding hydrogens is 306 g/mol. The zero-order chi connectivity index (χ0) is 16.2. The molecule has 2 aromatic carbocycles. The minimum atomic E-state index is -0.410. The molecule has 0 radical (unpaired) electrons. The topological polar surface area (TPSA) is 30.0 Å². The van der Waals surface area contributed by atoms with E-state index in [2.05, 4.69) is 6.92 Å². The van der Waals surface area contributed by atoms with Crippen LogP contribution in [-0.2, 0) is 6.42 Å². The lowest BCUT2D eigenvalue weighted by Gasteiger charge is -2.15. The van der Waals surface area contributed by atoms with E-state index in [0.717, 1.165) is 47.0 Å². The molecule has 116 valence electrons. The molecule has 0 aliphatic rings. The van der Waals surface area contributed by atoms with Crippen LogP contribution in [0, 0.1) is 0 Å². The maximum Gasteiger partial charge on any atom is 0.253 e. The van der Waals surface area contributed by atoms with Crippen LogP contribution in [-0.4, -0.2) is 10.2 Å². The second-order valence-corrected chi connectivity index (χ2v) is 5.92. The van der Waals surface area contributed by atoms with E-state index in [1.54, 1.807) is 0 Å². The van der Waals surface area contributed by atoms with Crippen molar-refractivity contribution in [2.45, 2.75) is 26.2 Å². The molecule has 3 aromatic rings. The van der Waals surface area contributed by atoms with Gasteiger partial charge < -0.3 is 0 Å². The highest BCUT2D eigenvalue weighted by atomic mass is 35.5. The molecule has 0 aliphatic carbocycles. The Morgan fingerprint density at radius 3 is 2.43 bits per heavy atom. The van der Waals surface area contributed by atoms with Crippen LogP contribution < -0.4 is 0 Å². The second kappa shape index (κ2) is 6.93. The van der Waals surface area contributed by atoms with E-state index in [1.165, 1.54) is 0 Å². The molecule has 1 aromatic heterocycles. The number of fused-ring (bicyclic) bond motifs is 1. The Bertz CT molecular complexity index is 843. The first-order valence-corrected chi connectivity index (χ1v) is 8.27. The first kappa shape index (κ1) is 15.7. The van der Waals surface area contributed by atoms with Crippen molar-refractivity contribution in [1.82, 2.24) is 4.98 Å². The molecular formula is C20H18ClNO. The number of rotatable bonds is 5. The molecule has 0 N–H and O–H groups in total. The smallest absolute Gasteiger partial charge is 0.253 e. The fraction of sp³-hybridized carbons (Fsp3) is 0.200. The van der Waals surface area contributed by atoms with Crippen LogP contribution in [0.25, 0.3) is 22.2 Å². The van der Waals surface area contributed by atoms with Gasteiger partial charge in [0.25, 0.3) is 5.24 Å². The minimum Gasteiger partial charge on any atom is -0.276 e. The summed E-state index contributed by atoms with van der Waals surface area (Å²) in [6.07, 6.45) is 2.85. The van der Waals surface area contributed by atoms with Crippen LogP contribution in [0.4, 0.5) is 0 Å². The molecule has 0 saturated carbocycles. The summed E-state index contributed by atoms with van der Waals surface area (Å²) < 4.78 is 0. The van der Waals surface area contributed by atoms with Crippen LogP contribution in [0.2, 0.25) is 0 Å². The monoisotopic (exact) mass is 323 g/mol. The molecule has 0 amide bonds. The van der Waals surface area contributed by atoms with Gasteiger partial charge in [0.2, 0.25) is 0 Å². The SMILES string of the molecule is CCCCc1c(-c2ccccc2)nc2ccccc2c1C(=O)Cl. The van der Waals surface area contributed by atoms with E-state index in [9.17, 15) is 4.79 Å². The summed E-state index contributed by atoms with van der Waals surface area (Å²) in [5.74, 6) is 0. The third-order valence-corrected chi connectivity index (χ3v) is 4.21. The third kappa shape index (κ3) is 3.13. The van der Waals surface area contributed by atoms with Gasteiger partial charge in [-0.2, -0.15) is 0 Å². The van der Waals surface area contributed by atoms with Gasteiger partial charge in [0.05, 0.1) is 11.2 Å². The van der Waals surface area contributed by atoms with E-state index >= 15 is 0 Å². The number of benzene rings is 2. The number of pyridine rings is 1. The molecule has 0 saturated heterocycles. The summed E-state index contributed by atoms with van der Waals surface area (Å²) in [6, 6.07) is 17.7. The largest absolute Gasteiger partial charge is 0.276 e. The number of nitrogens with zero attached hydrogens (tertiary/aromatic N) is 1. The van der Waals surface area contributed by atoms with Crippen molar-refractivity contribution >= 4 is 27.7 Å². The number of unbranched alkanes of at least 4 members (excludes halogenated alkanes) is 1. The lowest BCUT2D eigenvalue weighted by molar-refractivity contribution is 0.108. The van der Waals surface area contributed by atoms with Gasteiger partial charge in [-0.3, -0.25) is 4.79 Å². The molecule has 23 heavy (non-hydrogen) atoms. The molecule has 0 unspecified atom stereocenters. The van der Waals surface area contributed by atoms with Gasteiger partial charge in [-0.05, 0) is 36.1 Å². The number of hydrogen-bond acceptors (Lipinski definition) is 2. The molecule has 3 rings (SSSR count). The molecule has 0 atom stereocenters. The fourth-order valence-electron chi connectivity index (χ4n) is 2.91. The van der Waals surface area contributed by atoms with Crippen molar-refractivity contribution < 1.29 is 4.79 Å². The zero-order valence-electron chi connectivity index (χ0n) is 13.1. The van der Waals surface area contributed by atoms with Crippen LogP contribution in [0.15, 0.2) is 54.6 Å². The van der Waals surface area contributed by atoms with Crippen molar-refractivity contribution in [3.05, 3.63) is 65.7 Å². The first-order valence-electron chi connectivity index (χ1n) is 7.89. The summed E-state index contributed by atoms with van der Waals surface area (Å²) in [7, 11) is 0. The van der Waals surface area contributed by atoms with Gasteiger partial charge in [-0.25, -0.2) is 4.98 Å².